The van der Waals surface area contributed by atoms with Gasteiger partial charge >= 0.3 is 0 Å². The number of nitrogens with zero attached hydrogens (tertiary/aromatic N) is 2. The molecule has 0 aliphatic carbocycles. The van der Waals surface area contributed by atoms with Gasteiger partial charge in [-0.05, 0) is 37.8 Å². The van der Waals surface area contributed by atoms with Gasteiger partial charge in [0, 0.05) is 30.2 Å². The van der Waals surface area contributed by atoms with Crippen molar-refractivity contribution in [1.82, 2.24) is 4.98 Å². The zero-order valence-electron chi connectivity index (χ0n) is 12.3. The van der Waals surface area contributed by atoms with Crippen molar-refractivity contribution in [2.75, 3.05) is 11.4 Å². The van der Waals surface area contributed by atoms with Crippen LogP contribution in [0.4, 0.5) is 5.69 Å². The van der Waals surface area contributed by atoms with Crippen LogP contribution in [0.1, 0.15) is 32.4 Å². The first-order chi connectivity index (χ1) is 9.69. The molecule has 0 amide bonds. The molecule has 0 spiro atoms. The summed E-state index contributed by atoms with van der Waals surface area (Å²) in [5.74, 6) is 0.823. The maximum Gasteiger partial charge on any atom is 0.0726 e. The Bertz CT molecular complexity index is 608. The molecule has 1 saturated heterocycles. The van der Waals surface area contributed by atoms with E-state index in [1.165, 1.54) is 23.9 Å². The number of anilines is 1. The second-order valence-corrected chi connectivity index (χ2v) is 6.03. The van der Waals surface area contributed by atoms with Gasteiger partial charge in [0.25, 0.3) is 0 Å². The molecule has 1 fully saturated rings. The number of piperidine rings is 1. The van der Waals surface area contributed by atoms with Crippen LogP contribution < -0.4 is 10.6 Å². The highest BCUT2D eigenvalue weighted by Crippen LogP contribution is 2.33. The normalized spacial score (nSPS) is 23.2. The number of nitrogens with two attached hydrogens (primary N) is 1. The summed E-state index contributed by atoms with van der Waals surface area (Å²) in [4.78, 5) is 7.17. The van der Waals surface area contributed by atoms with Gasteiger partial charge in [0.15, 0.2) is 0 Å². The molecule has 1 aliphatic rings. The number of hydrogen-bond acceptors (Lipinski definition) is 3. The molecule has 0 saturated carbocycles. The fourth-order valence-electron chi connectivity index (χ4n) is 3.32. The van der Waals surface area contributed by atoms with Crippen molar-refractivity contribution in [3.05, 3.63) is 36.0 Å². The van der Waals surface area contributed by atoms with Gasteiger partial charge in [-0.1, -0.05) is 25.1 Å². The Hall–Kier alpha value is -1.61. The summed E-state index contributed by atoms with van der Waals surface area (Å²) in [5.41, 5.74) is 9.14. The predicted molar refractivity (Wildman–Crippen MR) is 84.8 cm³/mol. The van der Waals surface area contributed by atoms with Gasteiger partial charge in [-0.2, -0.15) is 0 Å². The summed E-state index contributed by atoms with van der Waals surface area (Å²) < 4.78 is 0. The fourth-order valence-corrected chi connectivity index (χ4v) is 3.32. The van der Waals surface area contributed by atoms with Gasteiger partial charge in [-0.25, -0.2) is 0 Å². The van der Waals surface area contributed by atoms with Crippen LogP contribution in [0, 0.1) is 5.92 Å². The first-order valence-electron chi connectivity index (χ1n) is 7.54. The lowest BCUT2D eigenvalue weighted by molar-refractivity contribution is 0.378. The number of hydrogen-bond donors (Lipinski definition) is 1. The minimum atomic E-state index is 0.496. The van der Waals surface area contributed by atoms with Crippen LogP contribution in [-0.4, -0.2) is 17.6 Å². The van der Waals surface area contributed by atoms with Crippen molar-refractivity contribution in [3.8, 4) is 0 Å². The molecule has 1 aromatic carbocycles. The smallest absolute Gasteiger partial charge is 0.0726 e. The molecular weight excluding hydrogens is 246 g/mol. The third kappa shape index (κ3) is 2.38. The van der Waals surface area contributed by atoms with E-state index in [1.54, 1.807) is 0 Å². The Balaban J connectivity index is 2.09. The molecule has 2 aromatic rings. The van der Waals surface area contributed by atoms with E-state index in [-0.39, 0.29) is 0 Å². The predicted octanol–water partition coefficient (Wildman–Crippen LogP) is 3.32. The van der Waals surface area contributed by atoms with E-state index in [1.807, 2.05) is 6.07 Å². The third-order valence-electron chi connectivity index (χ3n) is 4.40. The van der Waals surface area contributed by atoms with E-state index in [9.17, 15) is 0 Å². The van der Waals surface area contributed by atoms with Gasteiger partial charge in [-0.15, -0.1) is 0 Å². The van der Waals surface area contributed by atoms with Gasteiger partial charge in [0.05, 0.1) is 11.2 Å². The van der Waals surface area contributed by atoms with Crippen molar-refractivity contribution in [1.29, 1.82) is 0 Å². The van der Waals surface area contributed by atoms with Gasteiger partial charge < -0.3 is 10.6 Å². The SMILES string of the molecule is CC1CCN(c2cc(CN)nc3ccccc23)C(C)C1. The molecule has 3 heteroatoms. The molecule has 2 unspecified atom stereocenters. The summed E-state index contributed by atoms with van der Waals surface area (Å²) in [6.07, 6.45) is 2.52. The molecule has 2 heterocycles. The van der Waals surface area contributed by atoms with E-state index >= 15 is 0 Å². The average molecular weight is 269 g/mol. The lowest BCUT2D eigenvalue weighted by atomic mass is 9.92. The van der Waals surface area contributed by atoms with Crippen LogP contribution in [0.15, 0.2) is 30.3 Å². The summed E-state index contributed by atoms with van der Waals surface area (Å²) in [6.45, 7) is 6.30. The van der Waals surface area contributed by atoms with Crippen molar-refractivity contribution in [2.24, 2.45) is 11.7 Å². The van der Waals surface area contributed by atoms with Crippen LogP contribution in [0.25, 0.3) is 10.9 Å². The number of pyridine rings is 1. The Morgan fingerprint density at radius 1 is 1.30 bits per heavy atom. The Kier molecular flexibility index (Phi) is 3.62. The van der Waals surface area contributed by atoms with Crippen LogP contribution in [0.3, 0.4) is 0 Å². The standard InChI is InChI=1S/C17H23N3/c1-12-7-8-20(13(2)9-12)17-10-14(11-18)19-16-6-4-3-5-15(16)17/h3-6,10,12-13H,7-9,11,18H2,1-2H3. The topological polar surface area (TPSA) is 42.1 Å². The highest BCUT2D eigenvalue weighted by Gasteiger charge is 2.24. The monoisotopic (exact) mass is 269 g/mol. The Labute approximate surface area is 120 Å². The second-order valence-electron chi connectivity index (χ2n) is 6.03. The third-order valence-corrected chi connectivity index (χ3v) is 4.40. The van der Waals surface area contributed by atoms with Crippen molar-refractivity contribution < 1.29 is 0 Å². The Morgan fingerprint density at radius 3 is 2.85 bits per heavy atom. The first-order valence-corrected chi connectivity index (χ1v) is 7.54. The average Bonchev–Trinajstić information content (AvgIpc) is 2.46. The van der Waals surface area contributed by atoms with Crippen molar-refractivity contribution >= 4 is 16.6 Å². The second kappa shape index (κ2) is 5.41. The van der Waals surface area contributed by atoms with Crippen LogP contribution >= 0.6 is 0 Å². The van der Waals surface area contributed by atoms with E-state index in [0.717, 1.165) is 23.7 Å². The molecule has 1 aromatic heterocycles. The summed E-state index contributed by atoms with van der Waals surface area (Å²) in [5, 5.41) is 1.24. The molecule has 2 N–H and O–H groups in total. The van der Waals surface area contributed by atoms with Gasteiger partial charge in [0.1, 0.15) is 0 Å². The molecule has 0 radical (unpaired) electrons. The van der Waals surface area contributed by atoms with E-state index in [4.69, 9.17) is 5.73 Å². The first kappa shape index (κ1) is 13.4. The molecule has 3 nitrogen and oxygen atoms in total. The molecule has 20 heavy (non-hydrogen) atoms. The lowest BCUT2D eigenvalue weighted by Gasteiger charge is -2.39. The number of benzene rings is 1. The summed E-state index contributed by atoms with van der Waals surface area (Å²) in [6, 6.07) is 11.1. The molecular formula is C17H23N3. The van der Waals surface area contributed by atoms with Crippen molar-refractivity contribution in [2.45, 2.75) is 39.3 Å². The fraction of sp³-hybridized carbons (Fsp3) is 0.471. The van der Waals surface area contributed by atoms with Crippen LogP contribution in [-0.2, 0) is 6.54 Å². The maximum absolute atomic E-state index is 5.81. The molecule has 2 atom stereocenters. The quantitative estimate of drug-likeness (QED) is 0.909. The van der Waals surface area contributed by atoms with Gasteiger partial charge in [-0.3, -0.25) is 4.98 Å². The molecule has 3 rings (SSSR count). The molecule has 1 aliphatic heterocycles. The van der Waals surface area contributed by atoms with Crippen molar-refractivity contribution in [3.63, 3.8) is 0 Å². The molecule has 106 valence electrons. The maximum atomic E-state index is 5.81. The summed E-state index contributed by atoms with van der Waals surface area (Å²) in [7, 11) is 0. The van der Waals surface area contributed by atoms with E-state index in [0.29, 0.717) is 12.6 Å². The zero-order chi connectivity index (χ0) is 14.1. The zero-order valence-corrected chi connectivity index (χ0v) is 12.3. The van der Waals surface area contributed by atoms with Crippen LogP contribution in [0.5, 0.6) is 0 Å². The highest BCUT2D eigenvalue weighted by molar-refractivity contribution is 5.92. The minimum Gasteiger partial charge on any atom is -0.368 e. The van der Waals surface area contributed by atoms with Gasteiger partial charge in [0.2, 0.25) is 0 Å². The van der Waals surface area contributed by atoms with E-state index in [2.05, 4.69) is 48.0 Å². The minimum absolute atomic E-state index is 0.496. The highest BCUT2D eigenvalue weighted by atomic mass is 15.2. The number of para-hydroxylation sites is 1. The Morgan fingerprint density at radius 2 is 2.10 bits per heavy atom. The largest absolute Gasteiger partial charge is 0.368 e. The summed E-state index contributed by atoms with van der Waals surface area (Å²) >= 11 is 0. The number of aromatic nitrogens is 1. The van der Waals surface area contributed by atoms with E-state index < -0.39 is 0 Å². The molecule has 0 bridgehead atoms. The van der Waals surface area contributed by atoms with Crippen LogP contribution in [0.2, 0.25) is 0 Å². The lowest BCUT2D eigenvalue weighted by Crippen LogP contribution is -2.40. The number of fused-ring (bicyclic) bond motifs is 1. The number of rotatable bonds is 2.